The first-order chi connectivity index (χ1) is 11.8. The van der Waals surface area contributed by atoms with Gasteiger partial charge in [-0.1, -0.05) is 32.9 Å². The van der Waals surface area contributed by atoms with Crippen LogP contribution in [-0.2, 0) is 4.79 Å². The van der Waals surface area contributed by atoms with Crippen LogP contribution in [0.15, 0.2) is 48.8 Å². The van der Waals surface area contributed by atoms with Gasteiger partial charge >= 0.3 is 0 Å². The summed E-state index contributed by atoms with van der Waals surface area (Å²) in [6.45, 7) is 9.71. The normalized spacial score (nSPS) is 11.5. The van der Waals surface area contributed by atoms with E-state index in [0.717, 1.165) is 28.6 Å². The number of anilines is 1. The second-order valence-corrected chi connectivity index (χ2v) is 7.32. The maximum absolute atomic E-state index is 12.9. The summed E-state index contributed by atoms with van der Waals surface area (Å²) in [4.78, 5) is 19.0. The average molecular weight is 508 g/mol. The van der Waals surface area contributed by atoms with Crippen LogP contribution in [0.1, 0.15) is 34.6 Å². The number of carbonyl (C=O) groups is 1. The Morgan fingerprint density at radius 3 is 2.50 bits per heavy atom. The van der Waals surface area contributed by atoms with Gasteiger partial charge in [0.25, 0.3) is 0 Å². The topological polar surface area (TPSA) is 50.5 Å². The van der Waals surface area contributed by atoms with Crippen LogP contribution in [0.3, 0.4) is 0 Å². The summed E-state index contributed by atoms with van der Waals surface area (Å²) in [6.07, 6.45) is 3.50. The number of fused-ring (bicyclic) bond motifs is 1. The molecule has 0 bridgehead atoms. The van der Waals surface area contributed by atoms with Crippen molar-refractivity contribution in [3.63, 3.8) is 0 Å². The van der Waals surface area contributed by atoms with E-state index in [2.05, 4.69) is 10.1 Å². The van der Waals surface area contributed by atoms with Crippen molar-refractivity contribution < 1.29 is 51.7 Å². The summed E-state index contributed by atoms with van der Waals surface area (Å²) in [5, 5.41) is 4.35. The average Bonchev–Trinajstić information content (AvgIpc) is 3.02. The molecule has 0 N–H and O–H groups in total. The van der Waals surface area contributed by atoms with Crippen molar-refractivity contribution in [3.8, 4) is 11.3 Å². The van der Waals surface area contributed by atoms with Gasteiger partial charge in [-0.3, -0.25) is 4.79 Å². The zero-order chi connectivity index (χ0) is 18.2. The van der Waals surface area contributed by atoms with Crippen LogP contribution in [0.5, 0.6) is 0 Å². The van der Waals surface area contributed by atoms with Gasteiger partial charge in [0.1, 0.15) is 0 Å². The molecule has 1 amide bonds. The Labute approximate surface area is 193 Å². The number of aromatic nitrogens is 3. The van der Waals surface area contributed by atoms with Gasteiger partial charge in [-0.2, -0.15) is 18.9 Å². The first-order valence-corrected chi connectivity index (χ1v) is 8.33. The number of nitrogens with zero attached hydrogens (tertiary/aromatic N) is 4. The zero-order valence-electron chi connectivity index (χ0n) is 15.6. The fourth-order valence-corrected chi connectivity index (χ4v) is 2.77. The van der Waals surface area contributed by atoms with Gasteiger partial charge in [-0.15, -0.1) is 0 Å². The first kappa shape index (κ1) is 21.1. The van der Waals surface area contributed by atoms with Crippen molar-refractivity contribution in [1.82, 2.24) is 14.6 Å². The fourth-order valence-electron chi connectivity index (χ4n) is 2.77. The largest absolute Gasteiger partial charge is 0.462 e. The van der Waals surface area contributed by atoms with Gasteiger partial charge in [-0.05, 0) is 18.2 Å². The van der Waals surface area contributed by atoms with E-state index in [4.69, 9.17) is 0 Å². The minimum atomic E-state index is -0.459. The number of hydrogen-bond donors (Lipinski definition) is 0. The molecule has 2 aromatic heterocycles. The van der Waals surface area contributed by atoms with Gasteiger partial charge in [0, 0.05) is 75.9 Å². The Morgan fingerprint density at radius 1 is 1.12 bits per heavy atom. The van der Waals surface area contributed by atoms with Crippen molar-refractivity contribution in [3.05, 3.63) is 54.8 Å². The van der Waals surface area contributed by atoms with E-state index in [1.807, 2.05) is 71.0 Å². The molecule has 0 spiro atoms. The molecule has 0 unspecified atom stereocenters. The summed E-state index contributed by atoms with van der Waals surface area (Å²) >= 11 is 0. The molecule has 0 saturated carbocycles. The molecule has 0 fully saturated rings. The van der Waals surface area contributed by atoms with Crippen molar-refractivity contribution in [2.24, 2.45) is 5.41 Å². The molecule has 26 heavy (non-hydrogen) atoms. The van der Waals surface area contributed by atoms with Crippen LogP contribution in [0.4, 0.5) is 5.69 Å². The number of hydrogen-bond acceptors (Lipinski definition) is 3. The fraction of sp³-hybridized carbons (Fsp3) is 0.300. The maximum atomic E-state index is 12.9. The van der Waals surface area contributed by atoms with Crippen LogP contribution in [0.25, 0.3) is 16.9 Å². The second kappa shape index (κ2) is 8.24. The summed E-state index contributed by atoms with van der Waals surface area (Å²) < 4.78 is 1.80. The van der Waals surface area contributed by atoms with E-state index >= 15 is 0 Å². The second-order valence-electron chi connectivity index (χ2n) is 7.32. The van der Waals surface area contributed by atoms with E-state index in [-0.39, 0.29) is 52.8 Å². The molecule has 0 radical (unpaired) electrons. The van der Waals surface area contributed by atoms with Crippen LogP contribution in [0, 0.1) is 58.4 Å². The molecule has 0 aliphatic carbocycles. The van der Waals surface area contributed by atoms with Crippen LogP contribution in [0.2, 0.25) is 0 Å². The molecular weight excluding hydrogens is 485 g/mol. The number of rotatable bonds is 3. The Hall–Kier alpha value is -1.17. The summed E-state index contributed by atoms with van der Waals surface area (Å²) in [5.41, 5.74) is 3.12. The first-order valence-electron chi connectivity index (χ1n) is 8.33. The number of benzene rings is 1. The monoisotopic (exact) mass is 509 g/mol. The molecule has 0 atom stereocenters. The third kappa shape index (κ3) is 4.21. The third-order valence-electron chi connectivity index (χ3n) is 3.98. The number of carbonyl (C=O) groups excluding carboxylic acids is 1. The Kier molecular flexibility index (Phi) is 6.70. The Bertz CT molecular complexity index is 911. The molecule has 0 saturated heterocycles. The van der Waals surface area contributed by atoms with E-state index in [0.29, 0.717) is 0 Å². The molecule has 0 aliphatic heterocycles. The minimum Gasteiger partial charge on any atom is -0.462 e. The number of amides is 1. The Morgan fingerprint density at radius 2 is 1.85 bits per heavy atom. The molecule has 5 nitrogen and oxygen atoms in total. The molecule has 3 aromatic rings. The minimum absolute atomic E-state index is 0. The van der Waals surface area contributed by atoms with Crippen molar-refractivity contribution in [2.45, 2.75) is 34.6 Å². The van der Waals surface area contributed by atoms with Crippen molar-refractivity contribution >= 4 is 17.2 Å². The predicted octanol–water partition coefficient (Wildman–Crippen LogP) is 4.35. The zero-order valence-corrected chi connectivity index (χ0v) is 17.3. The summed E-state index contributed by atoms with van der Waals surface area (Å²) in [6, 6.07) is 12.7. The quantitative estimate of drug-likeness (QED) is 0.495. The third-order valence-corrected chi connectivity index (χ3v) is 3.98. The SMILES string of the molecule is C[C-](C)N(C(=O)C(C)(C)C)c1cccc(-c2ccnc3ccnn23)c1.[Yb]. The van der Waals surface area contributed by atoms with Gasteiger partial charge in [-0.25, -0.2) is 15.5 Å². The maximum Gasteiger partial charge on any atom is 0.203 e. The van der Waals surface area contributed by atoms with E-state index in [1.165, 1.54) is 0 Å². The molecule has 0 aliphatic rings. The van der Waals surface area contributed by atoms with Gasteiger partial charge in [0.2, 0.25) is 5.91 Å². The summed E-state index contributed by atoms with van der Waals surface area (Å²) in [5.74, 6) is 0.0728. The van der Waals surface area contributed by atoms with Crippen LogP contribution >= 0.6 is 0 Å². The van der Waals surface area contributed by atoms with Gasteiger partial charge in [0.05, 0.1) is 11.9 Å². The van der Waals surface area contributed by atoms with Gasteiger partial charge in [0.15, 0.2) is 5.65 Å². The van der Waals surface area contributed by atoms with E-state index in [1.54, 1.807) is 21.8 Å². The molecule has 2 heterocycles. The van der Waals surface area contributed by atoms with E-state index in [9.17, 15) is 4.79 Å². The molecule has 6 heteroatoms. The Balaban J connectivity index is 0.00000243. The smallest absolute Gasteiger partial charge is 0.203 e. The standard InChI is InChI=1S/C20H23N4O.Yb/c1-14(2)23(19(25)20(3,4)5)16-8-6-7-15(13-16)17-9-11-21-18-10-12-22-24(17)18;/h6-13H,1-5H3;/q-1;. The summed E-state index contributed by atoms with van der Waals surface area (Å²) in [7, 11) is 0. The van der Waals surface area contributed by atoms with E-state index < -0.39 is 5.41 Å². The molecule has 144 valence electrons. The van der Waals surface area contributed by atoms with Crippen molar-refractivity contribution in [1.29, 1.82) is 0 Å². The molecule has 1 aromatic carbocycles. The van der Waals surface area contributed by atoms with Crippen molar-refractivity contribution in [2.75, 3.05) is 4.90 Å². The molecule has 3 rings (SSSR count). The van der Waals surface area contributed by atoms with Crippen LogP contribution < -0.4 is 4.90 Å². The van der Waals surface area contributed by atoms with Gasteiger partial charge < -0.3 is 4.90 Å². The van der Waals surface area contributed by atoms with Crippen LogP contribution in [-0.4, -0.2) is 20.5 Å². The molecular formula is C20H23N4OYb-. The predicted molar refractivity (Wildman–Crippen MR) is 100.0 cm³/mol.